The van der Waals surface area contributed by atoms with Crippen LogP contribution in [0.3, 0.4) is 0 Å². The summed E-state index contributed by atoms with van der Waals surface area (Å²) in [6.07, 6.45) is 8.66. The first-order valence-electron chi connectivity index (χ1n) is 8.34. The van der Waals surface area contributed by atoms with Crippen molar-refractivity contribution in [3.05, 3.63) is 0 Å². The maximum Gasteiger partial charge on any atom is 0.315 e. The van der Waals surface area contributed by atoms with E-state index in [1.165, 1.54) is 19.3 Å². The third-order valence-electron chi connectivity index (χ3n) is 5.00. The summed E-state index contributed by atoms with van der Waals surface area (Å²) in [5, 5.41) is 15.1. The van der Waals surface area contributed by atoms with Gasteiger partial charge in [0, 0.05) is 12.1 Å². The molecule has 2 rings (SSSR count). The quantitative estimate of drug-likeness (QED) is 0.701. The highest BCUT2D eigenvalue weighted by atomic mass is 16.4. The van der Waals surface area contributed by atoms with Gasteiger partial charge in [0.2, 0.25) is 0 Å². The van der Waals surface area contributed by atoms with Crippen LogP contribution in [0.4, 0.5) is 4.79 Å². The molecular formula is C16H28N2O3. The van der Waals surface area contributed by atoms with Crippen LogP contribution in [-0.4, -0.2) is 29.2 Å². The van der Waals surface area contributed by atoms with E-state index in [4.69, 9.17) is 5.11 Å². The zero-order valence-corrected chi connectivity index (χ0v) is 12.9. The van der Waals surface area contributed by atoms with Crippen molar-refractivity contribution in [2.45, 2.75) is 76.8 Å². The minimum atomic E-state index is -0.703. The van der Waals surface area contributed by atoms with Crippen LogP contribution in [0.5, 0.6) is 0 Å². The minimum Gasteiger partial charge on any atom is -0.481 e. The van der Waals surface area contributed by atoms with Crippen LogP contribution in [0.1, 0.15) is 64.7 Å². The summed E-state index contributed by atoms with van der Waals surface area (Å²) in [6, 6.07) is 0.351. The number of amides is 2. The Hall–Kier alpha value is -1.26. The van der Waals surface area contributed by atoms with Crippen molar-refractivity contribution in [2.24, 2.45) is 11.8 Å². The highest BCUT2D eigenvalue weighted by Crippen LogP contribution is 2.25. The van der Waals surface area contributed by atoms with E-state index in [0.29, 0.717) is 18.9 Å². The van der Waals surface area contributed by atoms with Gasteiger partial charge in [-0.3, -0.25) is 4.79 Å². The van der Waals surface area contributed by atoms with Gasteiger partial charge >= 0.3 is 12.0 Å². The number of rotatable bonds is 3. The average Bonchev–Trinajstić information content (AvgIpc) is 2.64. The summed E-state index contributed by atoms with van der Waals surface area (Å²) in [5.41, 5.74) is 0. The lowest BCUT2D eigenvalue weighted by molar-refractivity contribution is -0.142. The van der Waals surface area contributed by atoms with Crippen molar-refractivity contribution in [1.29, 1.82) is 0 Å². The van der Waals surface area contributed by atoms with Crippen LogP contribution >= 0.6 is 0 Å². The second kappa shape index (κ2) is 7.66. The molecule has 0 aromatic heterocycles. The lowest BCUT2D eigenvalue weighted by Gasteiger charge is -2.27. The molecule has 0 saturated heterocycles. The molecule has 2 unspecified atom stereocenters. The Morgan fingerprint density at radius 2 is 1.43 bits per heavy atom. The van der Waals surface area contributed by atoms with Crippen LogP contribution < -0.4 is 10.6 Å². The van der Waals surface area contributed by atoms with Crippen LogP contribution in [0, 0.1) is 11.8 Å². The lowest BCUT2D eigenvalue weighted by Crippen LogP contribution is -2.47. The number of hydrogen-bond donors (Lipinski definition) is 3. The zero-order valence-electron chi connectivity index (χ0n) is 12.9. The summed E-state index contributed by atoms with van der Waals surface area (Å²) in [5.74, 6) is -0.161. The van der Waals surface area contributed by atoms with Gasteiger partial charge in [-0.1, -0.05) is 19.8 Å². The summed E-state index contributed by atoms with van der Waals surface area (Å²) in [6.45, 7) is 2.28. The Kier molecular flexibility index (Phi) is 5.88. The molecule has 2 aliphatic carbocycles. The molecule has 5 heteroatoms. The molecule has 2 atom stereocenters. The molecule has 2 fully saturated rings. The molecule has 2 saturated carbocycles. The summed E-state index contributed by atoms with van der Waals surface area (Å²) >= 11 is 0. The molecular weight excluding hydrogens is 268 g/mol. The summed E-state index contributed by atoms with van der Waals surface area (Å²) in [4.78, 5) is 23.0. The third-order valence-corrected chi connectivity index (χ3v) is 5.00. The molecule has 21 heavy (non-hydrogen) atoms. The molecule has 0 heterocycles. The van der Waals surface area contributed by atoms with Crippen LogP contribution in [-0.2, 0) is 4.79 Å². The van der Waals surface area contributed by atoms with Gasteiger partial charge in [0.25, 0.3) is 0 Å². The normalized spacial score (nSPS) is 33.8. The lowest BCUT2D eigenvalue weighted by atomic mass is 9.86. The fourth-order valence-corrected chi connectivity index (χ4v) is 3.53. The van der Waals surface area contributed by atoms with Crippen molar-refractivity contribution >= 4 is 12.0 Å². The molecule has 0 aromatic carbocycles. The maximum absolute atomic E-state index is 12.1. The van der Waals surface area contributed by atoms with Gasteiger partial charge in [-0.25, -0.2) is 4.79 Å². The summed E-state index contributed by atoms with van der Waals surface area (Å²) < 4.78 is 0. The van der Waals surface area contributed by atoms with E-state index in [-0.39, 0.29) is 18.0 Å². The zero-order chi connectivity index (χ0) is 15.2. The fourth-order valence-electron chi connectivity index (χ4n) is 3.53. The van der Waals surface area contributed by atoms with Gasteiger partial charge in [-0.15, -0.1) is 0 Å². The number of aliphatic carboxylic acids is 1. The Bertz CT molecular complexity index is 365. The number of urea groups is 1. The van der Waals surface area contributed by atoms with Crippen molar-refractivity contribution in [1.82, 2.24) is 10.6 Å². The van der Waals surface area contributed by atoms with E-state index in [9.17, 15) is 9.59 Å². The molecule has 120 valence electrons. The highest BCUT2D eigenvalue weighted by Gasteiger charge is 2.27. The van der Waals surface area contributed by atoms with E-state index in [2.05, 4.69) is 17.6 Å². The largest absolute Gasteiger partial charge is 0.481 e. The number of carboxylic acids is 1. The first-order valence-corrected chi connectivity index (χ1v) is 8.34. The Balaban J connectivity index is 1.69. The van der Waals surface area contributed by atoms with Gasteiger partial charge in [0.15, 0.2) is 0 Å². The summed E-state index contributed by atoms with van der Waals surface area (Å²) in [7, 11) is 0. The molecule has 0 aliphatic heterocycles. The number of carboxylic acid groups (broad SMARTS) is 1. The second-order valence-electron chi connectivity index (χ2n) is 6.81. The van der Waals surface area contributed by atoms with Crippen molar-refractivity contribution in [3.63, 3.8) is 0 Å². The Morgan fingerprint density at radius 3 is 2.05 bits per heavy atom. The van der Waals surface area contributed by atoms with E-state index in [0.717, 1.165) is 31.6 Å². The third kappa shape index (κ3) is 5.21. The first kappa shape index (κ1) is 16.1. The first-order chi connectivity index (χ1) is 10.0. The molecule has 5 nitrogen and oxygen atoms in total. The van der Waals surface area contributed by atoms with E-state index in [1.807, 2.05) is 0 Å². The monoisotopic (exact) mass is 296 g/mol. The predicted octanol–water partition coefficient (Wildman–Crippen LogP) is 2.90. The number of hydrogen-bond acceptors (Lipinski definition) is 2. The molecule has 0 aromatic rings. The van der Waals surface area contributed by atoms with Gasteiger partial charge in [-0.05, 0) is 50.9 Å². The SMILES string of the molecule is CC1CCCC(NC(=O)NC2CCC(C(=O)O)CC2)CC1. The fraction of sp³-hybridized carbons (Fsp3) is 0.875. The van der Waals surface area contributed by atoms with E-state index < -0.39 is 5.97 Å². The van der Waals surface area contributed by atoms with Crippen molar-refractivity contribution in [3.8, 4) is 0 Å². The van der Waals surface area contributed by atoms with Gasteiger partial charge in [0.1, 0.15) is 0 Å². The molecule has 0 bridgehead atoms. The van der Waals surface area contributed by atoms with Crippen molar-refractivity contribution in [2.75, 3.05) is 0 Å². The number of nitrogens with one attached hydrogen (secondary N) is 2. The van der Waals surface area contributed by atoms with Gasteiger partial charge in [-0.2, -0.15) is 0 Å². The Labute approximate surface area is 126 Å². The van der Waals surface area contributed by atoms with E-state index in [1.54, 1.807) is 0 Å². The molecule has 2 aliphatic rings. The van der Waals surface area contributed by atoms with E-state index >= 15 is 0 Å². The number of carbonyl (C=O) groups is 2. The molecule has 3 N–H and O–H groups in total. The molecule has 0 spiro atoms. The van der Waals surface area contributed by atoms with Crippen LogP contribution in [0.15, 0.2) is 0 Å². The smallest absolute Gasteiger partial charge is 0.315 e. The van der Waals surface area contributed by atoms with Crippen LogP contribution in [0.25, 0.3) is 0 Å². The van der Waals surface area contributed by atoms with Gasteiger partial charge in [0.05, 0.1) is 5.92 Å². The van der Waals surface area contributed by atoms with Crippen molar-refractivity contribution < 1.29 is 14.7 Å². The number of carbonyl (C=O) groups excluding carboxylic acids is 1. The second-order valence-corrected chi connectivity index (χ2v) is 6.81. The maximum atomic E-state index is 12.1. The highest BCUT2D eigenvalue weighted by molar-refractivity contribution is 5.74. The average molecular weight is 296 g/mol. The predicted molar refractivity (Wildman–Crippen MR) is 81.1 cm³/mol. The Morgan fingerprint density at radius 1 is 0.857 bits per heavy atom. The molecule has 0 radical (unpaired) electrons. The molecule has 2 amide bonds. The standard InChI is InChI=1S/C16H28N2O3/c1-11-3-2-4-13(8-5-11)17-16(21)18-14-9-6-12(7-10-14)15(19)20/h11-14H,2-10H2,1H3,(H,19,20)(H2,17,18,21). The van der Waals surface area contributed by atoms with Gasteiger partial charge < -0.3 is 15.7 Å². The van der Waals surface area contributed by atoms with Crippen LogP contribution in [0.2, 0.25) is 0 Å². The minimum absolute atomic E-state index is 0.0756. The topological polar surface area (TPSA) is 78.4 Å².